The minimum Gasteiger partial charge on any atom is -0.488 e. The van der Waals surface area contributed by atoms with Gasteiger partial charge < -0.3 is 19.2 Å². The van der Waals surface area contributed by atoms with Gasteiger partial charge in [-0.15, -0.1) is 0 Å². The van der Waals surface area contributed by atoms with Crippen molar-refractivity contribution in [3.05, 3.63) is 76.2 Å². The van der Waals surface area contributed by atoms with Crippen LogP contribution in [0.3, 0.4) is 0 Å². The van der Waals surface area contributed by atoms with Gasteiger partial charge in [0.1, 0.15) is 23.4 Å². The molecule has 29 heavy (non-hydrogen) atoms. The number of H-pyrrole nitrogens is 1. The zero-order valence-electron chi connectivity index (χ0n) is 16.3. The number of nitrogens with one attached hydrogen (secondary N) is 1. The van der Waals surface area contributed by atoms with Gasteiger partial charge in [-0.25, -0.2) is 4.39 Å². The Morgan fingerprint density at radius 2 is 1.93 bits per heavy atom. The van der Waals surface area contributed by atoms with Gasteiger partial charge in [-0.2, -0.15) is 0 Å². The van der Waals surface area contributed by atoms with Gasteiger partial charge in [-0.3, -0.25) is 9.59 Å². The number of ether oxygens (including phenoxy) is 1. The maximum absolute atomic E-state index is 13.1. The van der Waals surface area contributed by atoms with Gasteiger partial charge in [0.15, 0.2) is 0 Å². The van der Waals surface area contributed by atoms with Gasteiger partial charge in [0, 0.05) is 38.0 Å². The van der Waals surface area contributed by atoms with Crippen LogP contribution in [0, 0.1) is 12.7 Å². The fourth-order valence-electron chi connectivity index (χ4n) is 3.50. The maximum Gasteiger partial charge on any atom is 0.270 e. The molecule has 0 aliphatic carbocycles. The van der Waals surface area contributed by atoms with Crippen LogP contribution in [0.25, 0.3) is 11.1 Å². The van der Waals surface area contributed by atoms with Crippen LogP contribution >= 0.6 is 0 Å². The maximum atomic E-state index is 13.1. The van der Waals surface area contributed by atoms with Crippen LogP contribution in [-0.2, 0) is 7.05 Å². The highest BCUT2D eigenvalue weighted by molar-refractivity contribution is 5.94. The monoisotopic (exact) mass is 395 g/mol. The summed E-state index contributed by atoms with van der Waals surface area (Å²) in [5, 5.41) is 0. The van der Waals surface area contributed by atoms with E-state index in [1.165, 1.54) is 18.2 Å². The Labute approximate surface area is 167 Å². The van der Waals surface area contributed by atoms with Crippen molar-refractivity contribution < 1.29 is 13.9 Å². The topological polar surface area (TPSA) is 67.3 Å². The summed E-state index contributed by atoms with van der Waals surface area (Å²) in [5.41, 5.74) is 2.85. The molecule has 150 valence electrons. The molecule has 3 aromatic rings. The summed E-state index contributed by atoms with van der Waals surface area (Å²) in [6.07, 6.45) is 2.29. The number of rotatable bonds is 4. The summed E-state index contributed by atoms with van der Waals surface area (Å²) in [6, 6.07) is 11.2. The normalized spacial score (nSPS) is 16.2. The molecule has 0 radical (unpaired) electrons. The predicted octanol–water partition coefficient (Wildman–Crippen LogP) is 3.12. The third kappa shape index (κ3) is 3.94. The Hall–Kier alpha value is -3.35. The lowest BCUT2D eigenvalue weighted by molar-refractivity contribution is 0.0767. The third-order valence-corrected chi connectivity index (χ3v) is 5.30. The fourth-order valence-corrected chi connectivity index (χ4v) is 3.50. The van der Waals surface area contributed by atoms with Crippen LogP contribution in [0.4, 0.5) is 4.39 Å². The molecular formula is C22H22FN3O3. The number of pyridine rings is 1. The number of likely N-dealkylation sites (tertiary alicyclic amines) is 1. The highest BCUT2D eigenvalue weighted by Crippen LogP contribution is 2.23. The van der Waals surface area contributed by atoms with Crippen molar-refractivity contribution in [1.29, 1.82) is 0 Å². The van der Waals surface area contributed by atoms with Crippen molar-refractivity contribution in [3.8, 4) is 16.9 Å². The Bertz CT molecular complexity index is 1100. The average molecular weight is 395 g/mol. The second-order valence-electron chi connectivity index (χ2n) is 7.32. The van der Waals surface area contributed by atoms with E-state index in [9.17, 15) is 14.0 Å². The molecule has 2 aromatic heterocycles. The number of carbonyl (C=O) groups is 1. The van der Waals surface area contributed by atoms with Gasteiger partial charge in [0.2, 0.25) is 0 Å². The standard InChI is InChI=1S/C22H22FN3O3/c1-14-9-19(11-21(27)25(14)2)29-18-7-8-26(13-18)22(28)20-10-16(12-24-20)15-3-5-17(23)6-4-15/h3-6,9-12,18,24H,7-8,13H2,1-2H3. The highest BCUT2D eigenvalue weighted by atomic mass is 19.1. The van der Waals surface area contributed by atoms with Gasteiger partial charge in [0.05, 0.1) is 6.54 Å². The molecule has 1 aliphatic rings. The SMILES string of the molecule is Cc1cc(OC2CCN(C(=O)c3cc(-c4ccc(F)cc4)c[nH]3)C2)cc(=O)n1C. The molecule has 1 aliphatic heterocycles. The third-order valence-electron chi connectivity index (χ3n) is 5.30. The van der Waals surface area contributed by atoms with Crippen molar-refractivity contribution >= 4 is 5.91 Å². The van der Waals surface area contributed by atoms with E-state index in [0.717, 1.165) is 16.8 Å². The van der Waals surface area contributed by atoms with Gasteiger partial charge >= 0.3 is 0 Å². The Kier molecular flexibility index (Phi) is 4.96. The van der Waals surface area contributed by atoms with Crippen LogP contribution in [0.1, 0.15) is 22.6 Å². The van der Waals surface area contributed by atoms with Crippen LogP contribution in [0.15, 0.2) is 53.5 Å². The Morgan fingerprint density at radius 3 is 2.66 bits per heavy atom. The van der Waals surface area contributed by atoms with E-state index in [0.29, 0.717) is 31.0 Å². The fraction of sp³-hybridized carbons (Fsp3) is 0.273. The molecule has 1 aromatic carbocycles. The smallest absolute Gasteiger partial charge is 0.270 e. The van der Waals surface area contributed by atoms with Crippen LogP contribution in [-0.4, -0.2) is 39.6 Å². The number of nitrogens with zero attached hydrogens (tertiary/aromatic N) is 2. The quantitative estimate of drug-likeness (QED) is 0.738. The first kappa shape index (κ1) is 19.0. The molecule has 0 bridgehead atoms. The van der Waals surface area contributed by atoms with Crippen LogP contribution < -0.4 is 10.3 Å². The van der Waals surface area contributed by atoms with E-state index in [1.807, 2.05) is 13.0 Å². The van der Waals surface area contributed by atoms with Crippen LogP contribution in [0.5, 0.6) is 5.75 Å². The molecule has 0 saturated carbocycles. The summed E-state index contributed by atoms with van der Waals surface area (Å²) < 4.78 is 20.6. The van der Waals surface area contributed by atoms with Crippen molar-refractivity contribution in [2.75, 3.05) is 13.1 Å². The number of halogens is 1. The lowest BCUT2D eigenvalue weighted by Gasteiger charge is -2.17. The summed E-state index contributed by atoms with van der Waals surface area (Å²) >= 11 is 0. The molecule has 0 spiro atoms. The van der Waals surface area contributed by atoms with Gasteiger partial charge in [0.25, 0.3) is 11.5 Å². The van der Waals surface area contributed by atoms with Crippen molar-refractivity contribution in [2.45, 2.75) is 19.4 Å². The summed E-state index contributed by atoms with van der Waals surface area (Å²) in [6.45, 7) is 2.89. The van der Waals surface area contributed by atoms with Gasteiger partial charge in [-0.05, 0) is 42.3 Å². The number of hydrogen-bond donors (Lipinski definition) is 1. The Balaban J connectivity index is 1.42. The molecular weight excluding hydrogens is 373 g/mol. The van der Waals surface area contributed by atoms with E-state index < -0.39 is 0 Å². The van der Waals surface area contributed by atoms with E-state index in [1.54, 1.807) is 40.9 Å². The molecule has 1 atom stereocenters. The summed E-state index contributed by atoms with van der Waals surface area (Å²) in [5.74, 6) is 0.128. The van der Waals surface area contributed by atoms with Crippen LogP contribution in [0.2, 0.25) is 0 Å². The number of hydrogen-bond acceptors (Lipinski definition) is 3. The minimum atomic E-state index is -0.296. The average Bonchev–Trinajstić information content (AvgIpc) is 3.36. The highest BCUT2D eigenvalue weighted by Gasteiger charge is 2.29. The first-order chi connectivity index (χ1) is 13.9. The largest absolute Gasteiger partial charge is 0.488 e. The predicted molar refractivity (Wildman–Crippen MR) is 108 cm³/mol. The van der Waals surface area contributed by atoms with E-state index >= 15 is 0 Å². The van der Waals surface area contributed by atoms with E-state index in [-0.39, 0.29) is 23.4 Å². The molecule has 4 rings (SSSR count). The number of carbonyl (C=O) groups excluding carboxylic acids is 1. The molecule has 1 saturated heterocycles. The minimum absolute atomic E-state index is 0.107. The number of benzene rings is 1. The van der Waals surface area contributed by atoms with Crippen molar-refractivity contribution in [1.82, 2.24) is 14.5 Å². The van der Waals surface area contributed by atoms with Crippen molar-refractivity contribution in [2.24, 2.45) is 7.05 Å². The first-order valence-electron chi connectivity index (χ1n) is 9.48. The molecule has 3 heterocycles. The number of aryl methyl sites for hydroxylation is 1. The first-order valence-corrected chi connectivity index (χ1v) is 9.48. The van der Waals surface area contributed by atoms with Crippen molar-refractivity contribution in [3.63, 3.8) is 0 Å². The second kappa shape index (κ2) is 7.58. The second-order valence-corrected chi connectivity index (χ2v) is 7.32. The molecule has 1 N–H and O–H groups in total. The summed E-state index contributed by atoms with van der Waals surface area (Å²) in [4.78, 5) is 29.5. The Morgan fingerprint density at radius 1 is 1.17 bits per heavy atom. The lowest BCUT2D eigenvalue weighted by Crippen LogP contribution is -2.31. The molecule has 7 heteroatoms. The lowest BCUT2D eigenvalue weighted by atomic mass is 10.1. The zero-order chi connectivity index (χ0) is 20.5. The van der Waals surface area contributed by atoms with Gasteiger partial charge in [-0.1, -0.05) is 12.1 Å². The number of aromatic amines is 1. The zero-order valence-corrected chi connectivity index (χ0v) is 16.3. The van der Waals surface area contributed by atoms with E-state index in [2.05, 4.69) is 4.98 Å². The summed E-state index contributed by atoms with van der Waals surface area (Å²) in [7, 11) is 1.72. The number of aromatic nitrogens is 2. The number of amides is 1. The molecule has 6 nitrogen and oxygen atoms in total. The molecule has 1 unspecified atom stereocenters. The molecule has 1 amide bonds. The van der Waals surface area contributed by atoms with E-state index in [4.69, 9.17) is 4.74 Å². The molecule has 1 fully saturated rings.